The van der Waals surface area contributed by atoms with Crippen LogP contribution in [0.4, 0.5) is 0 Å². The Balaban J connectivity index is 2.15. The van der Waals surface area contributed by atoms with Crippen molar-refractivity contribution in [2.75, 3.05) is 6.73 Å². The van der Waals surface area contributed by atoms with Gasteiger partial charge in [0.05, 0.1) is 5.54 Å². The Morgan fingerprint density at radius 1 is 1.40 bits per heavy atom. The van der Waals surface area contributed by atoms with E-state index in [9.17, 15) is 19.5 Å². The van der Waals surface area contributed by atoms with Gasteiger partial charge in [-0.3, -0.25) is 14.4 Å². The number of primary amides is 1. The molecule has 1 aliphatic heterocycles. The van der Waals surface area contributed by atoms with Crippen molar-refractivity contribution in [3.8, 4) is 0 Å². The van der Waals surface area contributed by atoms with E-state index in [1.165, 1.54) is 11.1 Å². The molecule has 1 aromatic heterocycles. The molecule has 20 heavy (non-hydrogen) atoms. The van der Waals surface area contributed by atoms with Gasteiger partial charge in [0.25, 0.3) is 11.8 Å². The Labute approximate surface area is 114 Å². The fourth-order valence-electron chi connectivity index (χ4n) is 3.06. The minimum Gasteiger partial charge on any atom is -0.376 e. The van der Waals surface area contributed by atoms with Crippen LogP contribution in [0.15, 0.2) is 17.1 Å². The number of hydrogen-bond acceptors (Lipinski definition) is 4. The summed E-state index contributed by atoms with van der Waals surface area (Å²) in [4.78, 5) is 36.8. The van der Waals surface area contributed by atoms with Crippen LogP contribution in [0.2, 0.25) is 0 Å². The molecule has 7 nitrogen and oxygen atoms in total. The molecular formula is C13H15N3O4. The highest BCUT2D eigenvalue weighted by Gasteiger charge is 2.48. The Morgan fingerprint density at radius 2 is 2.10 bits per heavy atom. The van der Waals surface area contributed by atoms with Gasteiger partial charge in [-0.15, -0.1) is 0 Å². The first-order valence-electron chi connectivity index (χ1n) is 6.46. The summed E-state index contributed by atoms with van der Waals surface area (Å²) in [5, 5.41) is 9.44. The van der Waals surface area contributed by atoms with Crippen molar-refractivity contribution in [3.63, 3.8) is 0 Å². The second-order valence-electron chi connectivity index (χ2n) is 5.38. The van der Waals surface area contributed by atoms with Crippen LogP contribution in [0.25, 0.3) is 0 Å². The number of rotatable bonds is 2. The van der Waals surface area contributed by atoms with Crippen molar-refractivity contribution in [3.05, 3.63) is 33.7 Å². The van der Waals surface area contributed by atoms with Crippen molar-refractivity contribution in [2.45, 2.75) is 31.3 Å². The molecule has 1 aromatic rings. The predicted octanol–water partition coefficient (Wildman–Crippen LogP) is -0.724. The normalized spacial score (nSPS) is 19.6. The smallest absolute Gasteiger partial charge is 0.272 e. The van der Waals surface area contributed by atoms with Crippen LogP contribution in [0, 0.1) is 0 Å². The quantitative estimate of drug-likeness (QED) is 0.743. The summed E-state index contributed by atoms with van der Waals surface area (Å²) in [7, 11) is 0. The lowest BCUT2D eigenvalue weighted by Crippen LogP contribution is -2.62. The number of aromatic nitrogens is 1. The lowest BCUT2D eigenvalue weighted by molar-refractivity contribution is -0.0429. The number of fused-ring (bicyclic) bond motifs is 1. The Morgan fingerprint density at radius 3 is 2.60 bits per heavy atom. The van der Waals surface area contributed by atoms with Crippen LogP contribution in [-0.2, 0) is 6.54 Å². The van der Waals surface area contributed by atoms with Crippen LogP contribution in [0.5, 0.6) is 0 Å². The lowest BCUT2D eigenvalue weighted by Gasteiger charge is -2.52. The molecule has 0 radical (unpaired) electrons. The van der Waals surface area contributed by atoms with Crippen molar-refractivity contribution < 1.29 is 14.7 Å². The van der Waals surface area contributed by atoms with E-state index in [-0.39, 0.29) is 23.9 Å². The molecule has 1 aliphatic carbocycles. The molecule has 2 amide bonds. The van der Waals surface area contributed by atoms with E-state index in [1.54, 1.807) is 4.57 Å². The van der Waals surface area contributed by atoms with Gasteiger partial charge < -0.3 is 20.3 Å². The SMILES string of the molecule is NC(=O)c1cn2c(cc1=O)C(=O)N(CO)C1(CCC1)C2. The third-order valence-corrected chi connectivity index (χ3v) is 4.32. The minimum absolute atomic E-state index is 0.117. The van der Waals surface area contributed by atoms with Gasteiger partial charge in [0.1, 0.15) is 18.0 Å². The van der Waals surface area contributed by atoms with Crippen molar-refractivity contribution in [2.24, 2.45) is 5.73 Å². The zero-order valence-corrected chi connectivity index (χ0v) is 10.8. The van der Waals surface area contributed by atoms with E-state index < -0.39 is 16.9 Å². The molecule has 0 atom stereocenters. The molecule has 0 unspecified atom stereocenters. The van der Waals surface area contributed by atoms with Crippen LogP contribution >= 0.6 is 0 Å². The van der Waals surface area contributed by atoms with Gasteiger partial charge in [-0.2, -0.15) is 0 Å². The summed E-state index contributed by atoms with van der Waals surface area (Å²) in [6.07, 6.45) is 3.95. The Kier molecular flexibility index (Phi) is 2.68. The van der Waals surface area contributed by atoms with E-state index in [4.69, 9.17) is 5.73 Å². The number of nitrogens with two attached hydrogens (primary N) is 1. The molecule has 1 fully saturated rings. The molecule has 1 saturated carbocycles. The highest BCUT2D eigenvalue weighted by Crippen LogP contribution is 2.42. The van der Waals surface area contributed by atoms with Gasteiger partial charge in [-0.25, -0.2) is 0 Å². The molecule has 3 rings (SSSR count). The van der Waals surface area contributed by atoms with E-state index in [2.05, 4.69) is 0 Å². The van der Waals surface area contributed by atoms with Crippen LogP contribution in [0.1, 0.15) is 40.1 Å². The molecule has 1 spiro atoms. The number of nitrogens with zero attached hydrogens (tertiary/aromatic N) is 2. The molecular weight excluding hydrogens is 262 g/mol. The maximum atomic E-state index is 12.4. The minimum atomic E-state index is -0.801. The van der Waals surface area contributed by atoms with E-state index >= 15 is 0 Å². The van der Waals surface area contributed by atoms with Crippen LogP contribution in [0.3, 0.4) is 0 Å². The number of pyridine rings is 1. The largest absolute Gasteiger partial charge is 0.376 e. The topological polar surface area (TPSA) is 106 Å². The van der Waals surface area contributed by atoms with Gasteiger partial charge in [0.15, 0.2) is 5.43 Å². The molecule has 3 N–H and O–H groups in total. The standard InChI is InChI=1S/C13H15N3O4/c14-11(19)8-5-15-6-13(2-1-3-13)16(7-17)12(20)9(15)4-10(8)18/h4-5,17H,1-3,6-7H2,(H2,14,19). The fourth-order valence-corrected chi connectivity index (χ4v) is 3.06. The predicted molar refractivity (Wildman–Crippen MR) is 69.1 cm³/mol. The number of aliphatic hydroxyl groups excluding tert-OH is 1. The molecule has 0 aromatic carbocycles. The van der Waals surface area contributed by atoms with Gasteiger partial charge >= 0.3 is 0 Å². The molecule has 2 heterocycles. The molecule has 0 saturated heterocycles. The van der Waals surface area contributed by atoms with Gasteiger partial charge in [-0.05, 0) is 19.3 Å². The number of carbonyl (C=O) groups excluding carboxylic acids is 2. The molecule has 106 valence electrons. The Bertz CT molecular complexity index is 660. The van der Waals surface area contributed by atoms with Gasteiger partial charge in [-0.1, -0.05) is 0 Å². The number of aliphatic hydroxyl groups is 1. The molecule has 7 heteroatoms. The summed E-state index contributed by atoms with van der Waals surface area (Å²) in [5.74, 6) is -1.18. The van der Waals surface area contributed by atoms with E-state index in [1.807, 2.05) is 0 Å². The second kappa shape index (κ2) is 4.17. The molecule has 2 aliphatic rings. The van der Waals surface area contributed by atoms with E-state index in [0.29, 0.717) is 6.54 Å². The lowest BCUT2D eigenvalue weighted by atomic mass is 9.74. The maximum absolute atomic E-state index is 12.4. The van der Waals surface area contributed by atoms with Crippen LogP contribution < -0.4 is 11.2 Å². The first-order chi connectivity index (χ1) is 9.48. The first-order valence-corrected chi connectivity index (χ1v) is 6.46. The molecule has 0 bridgehead atoms. The number of hydrogen-bond donors (Lipinski definition) is 2. The van der Waals surface area contributed by atoms with E-state index in [0.717, 1.165) is 25.3 Å². The van der Waals surface area contributed by atoms with Gasteiger partial charge in [0, 0.05) is 18.8 Å². The summed E-state index contributed by atoms with van der Waals surface area (Å²) in [5.41, 5.74) is 4.26. The summed E-state index contributed by atoms with van der Waals surface area (Å²) in [6, 6.07) is 1.12. The first kappa shape index (κ1) is 12.9. The monoisotopic (exact) mass is 277 g/mol. The second-order valence-corrected chi connectivity index (χ2v) is 5.38. The third kappa shape index (κ3) is 1.59. The van der Waals surface area contributed by atoms with Crippen LogP contribution in [-0.4, -0.2) is 38.7 Å². The van der Waals surface area contributed by atoms with Gasteiger partial charge in [0.2, 0.25) is 0 Å². The number of amides is 2. The number of carbonyl (C=O) groups is 2. The summed E-state index contributed by atoms with van der Waals surface area (Å²) in [6.45, 7) is 0.0970. The van der Waals surface area contributed by atoms with Crippen molar-refractivity contribution in [1.29, 1.82) is 0 Å². The zero-order valence-electron chi connectivity index (χ0n) is 10.8. The average molecular weight is 277 g/mol. The average Bonchev–Trinajstić information content (AvgIpc) is 2.36. The fraction of sp³-hybridized carbons (Fsp3) is 0.462. The maximum Gasteiger partial charge on any atom is 0.272 e. The highest BCUT2D eigenvalue weighted by atomic mass is 16.3. The summed E-state index contributed by atoms with van der Waals surface area (Å²) >= 11 is 0. The Hall–Kier alpha value is -2.15. The van der Waals surface area contributed by atoms with Crippen molar-refractivity contribution >= 4 is 11.8 Å². The highest BCUT2D eigenvalue weighted by molar-refractivity contribution is 5.96. The zero-order chi connectivity index (χ0) is 14.5. The third-order valence-electron chi connectivity index (χ3n) is 4.32. The van der Waals surface area contributed by atoms with Crippen molar-refractivity contribution in [1.82, 2.24) is 9.47 Å². The summed E-state index contributed by atoms with van der Waals surface area (Å²) < 4.78 is 1.61.